The van der Waals surface area contributed by atoms with E-state index in [1.54, 1.807) is 6.92 Å². The van der Waals surface area contributed by atoms with Crippen molar-refractivity contribution >= 4 is 36.5 Å². The fraction of sp³-hybridized carbons (Fsp3) is 0.625. The van der Waals surface area contributed by atoms with Crippen molar-refractivity contribution in [2.45, 2.75) is 37.9 Å². The van der Waals surface area contributed by atoms with Gasteiger partial charge in [0.05, 0.1) is 19.5 Å². The number of amides is 1. The molecule has 1 saturated heterocycles. The summed E-state index contributed by atoms with van der Waals surface area (Å²) in [7, 11) is -4.48. The summed E-state index contributed by atoms with van der Waals surface area (Å²) in [6, 6.07) is 0. The van der Waals surface area contributed by atoms with Crippen LogP contribution in [0.4, 0.5) is 0 Å². The Balaban J connectivity index is 1.57. The van der Waals surface area contributed by atoms with Crippen LogP contribution in [0.25, 0.3) is 11.2 Å². The summed E-state index contributed by atoms with van der Waals surface area (Å²) in [6.45, 7) is 1.01. The second kappa shape index (κ2) is 10.4. The van der Waals surface area contributed by atoms with Crippen molar-refractivity contribution in [3.05, 3.63) is 22.5 Å². The Hall–Kier alpha value is -1.90. The van der Waals surface area contributed by atoms with Gasteiger partial charge in [0.1, 0.15) is 30.0 Å². The Morgan fingerprint density at radius 1 is 1.41 bits per heavy atom. The number of H-pyrrole nitrogens is 1. The topological polar surface area (TPSA) is 198 Å². The van der Waals surface area contributed by atoms with E-state index < -0.39 is 44.5 Å². The molecule has 0 radical (unpaired) electrons. The number of aryl methyl sites for hydroxylation is 1. The summed E-state index contributed by atoms with van der Waals surface area (Å²) in [6.07, 6.45) is -3.79. The Kier molecular flexibility index (Phi) is 8.01. The second-order valence-electron chi connectivity index (χ2n) is 6.96. The number of nitrogens with one attached hydrogen (secondary N) is 2. The molecule has 1 amide bonds. The molecule has 32 heavy (non-hydrogen) atoms. The number of fused-ring (bicyclic) bond motifs is 1. The van der Waals surface area contributed by atoms with Gasteiger partial charge in [0.2, 0.25) is 5.91 Å². The summed E-state index contributed by atoms with van der Waals surface area (Å²) < 4.78 is 28.5. The van der Waals surface area contributed by atoms with E-state index in [1.165, 1.54) is 10.9 Å². The third-order valence-corrected chi connectivity index (χ3v) is 5.81. The molecule has 0 saturated carbocycles. The monoisotopic (exact) mass is 495 g/mol. The summed E-state index contributed by atoms with van der Waals surface area (Å²) in [5, 5.41) is 23.1. The molecule has 1 aliphatic heterocycles. The van der Waals surface area contributed by atoms with E-state index in [0.717, 1.165) is 0 Å². The molecule has 5 atom stereocenters. The summed E-state index contributed by atoms with van der Waals surface area (Å²) in [4.78, 5) is 43.4. The van der Waals surface area contributed by atoms with Crippen LogP contribution in [-0.2, 0) is 23.1 Å². The van der Waals surface area contributed by atoms with Gasteiger partial charge in [0.15, 0.2) is 17.4 Å². The molecule has 178 valence electrons. The number of phosphoric acid groups is 1. The predicted octanol–water partition coefficient (Wildman–Crippen LogP) is -1.07. The molecule has 2 aromatic rings. The summed E-state index contributed by atoms with van der Waals surface area (Å²) in [5.41, 5.74) is -0.308. The number of aromatic amines is 1. The molecule has 3 rings (SSSR count). The van der Waals surface area contributed by atoms with E-state index in [4.69, 9.17) is 25.4 Å². The van der Waals surface area contributed by atoms with E-state index in [9.17, 15) is 29.3 Å². The van der Waals surface area contributed by atoms with Crippen LogP contribution < -0.4 is 10.9 Å². The number of imidazole rings is 1. The zero-order valence-electron chi connectivity index (χ0n) is 16.9. The number of aliphatic hydroxyl groups excluding tert-OH is 2. The van der Waals surface area contributed by atoms with Crippen LogP contribution in [0.5, 0.6) is 0 Å². The van der Waals surface area contributed by atoms with Crippen LogP contribution in [0.2, 0.25) is 0 Å². The predicted molar refractivity (Wildman–Crippen MR) is 109 cm³/mol. The zero-order chi connectivity index (χ0) is 23.5. The highest BCUT2D eigenvalue weighted by Gasteiger charge is 2.45. The fourth-order valence-electron chi connectivity index (χ4n) is 3.05. The first kappa shape index (κ1) is 24.7. The minimum Gasteiger partial charge on any atom is -0.387 e. The van der Waals surface area contributed by atoms with Gasteiger partial charge in [-0.25, -0.2) is 14.5 Å². The molecule has 0 bridgehead atoms. The first-order chi connectivity index (χ1) is 15.1. The largest absolute Gasteiger partial charge is 0.472 e. The molecular weight excluding hydrogens is 473 g/mol. The highest BCUT2D eigenvalue weighted by molar-refractivity contribution is 7.47. The van der Waals surface area contributed by atoms with Gasteiger partial charge in [0.25, 0.3) is 5.56 Å². The lowest BCUT2D eigenvalue weighted by Crippen LogP contribution is -2.33. The van der Waals surface area contributed by atoms with Gasteiger partial charge in [-0.2, -0.15) is 0 Å². The number of alkyl halides is 1. The third kappa shape index (κ3) is 5.71. The van der Waals surface area contributed by atoms with Crippen molar-refractivity contribution in [1.29, 1.82) is 0 Å². The van der Waals surface area contributed by atoms with Crippen LogP contribution in [-0.4, -0.2) is 84.5 Å². The maximum atomic E-state index is 12.0. The standard InChI is InChI=1S/C16H23ClN5O9P/c1-8-20-14-11(15(26)21-8)19-7-22(14)16-13(25)12(24)9(31-16)6-30-32(27,28)29-4-2-3-18-10(23)5-17/h7,9,12-13,16,24-25H,2-6H2,1H3,(H,18,23)(H,27,28)(H,20,21,26)/t9-,12-,13-,16-/m1/s1. The van der Waals surface area contributed by atoms with Gasteiger partial charge >= 0.3 is 7.82 Å². The minimum absolute atomic E-state index is 0.0242. The first-order valence-corrected chi connectivity index (χ1v) is 11.6. The van der Waals surface area contributed by atoms with Crippen molar-refractivity contribution in [2.75, 3.05) is 25.6 Å². The van der Waals surface area contributed by atoms with Crippen LogP contribution in [0.1, 0.15) is 18.5 Å². The lowest BCUT2D eigenvalue weighted by Gasteiger charge is -2.17. The van der Waals surface area contributed by atoms with Gasteiger partial charge < -0.3 is 30.1 Å². The van der Waals surface area contributed by atoms with Crippen molar-refractivity contribution in [1.82, 2.24) is 24.8 Å². The van der Waals surface area contributed by atoms with E-state index >= 15 is 0 Å². The normalized spacial score (nSPS) is 25.2. The molecule has 0 aromatic carbocycles. The molecule has 1 aliphatic rings. The molecule has 0 aliphatic carbocycles. The molecule has 1 fully saturated rings. The van der Waals surface area contributed by atoms with Gasteiger partial charge in [-0.3, -0.25) is 23.2 Å². The van der Waals surface area contributed by atoms with E-state index in [0.29, 0.717) is 5.82 Å². The quantitative estimate of drug-likeness (QED) is 0.153. The number of phosphoric ester groups is 1. The Morgan fingerprint density at radius 3 is 2.88 bits per heavy atom. The number of nitrogens with zero attached hydrogens (tertiary/aromatic N) is 3. The maximum Gasteiger partial charge on any atom is 0.472 e. The van der Waals surface area contributed by atoms with Crippen LogP contribution in [0, 0.1) is 6.92 Å². The number of ether oxygens (including phenoxy) is 1. The summed E-state index contributed by atoms with van der Waals surface area (Å²) in [5.74, 6) is -0.256. The fourth-order valence-corrected chi connectivity index (χ4v) is 3.91. The zero-order valence-corrected chi connectivity index (χ0v) is 18.5. The first-order valence-electron chi connectivity index (χ1n) is 9.52. The highest BCUT2D eigenvalue weighted by atomic mass is 35.5. The number of hydrogen-bond acceptors (Lipinski definition) is 10. The number of rotatable bonds is 10. The molecule has 1 unspecified atom stereocenters. The van der Waals surface area contributed by atoms with Crippen molar-refractivity contribution in [3.8, 4) is 0 Å². The SMILES string of the molecule is Cc1nc2c(ncn2[C@@H]2O[C@H](COP(=O)(O)OCCCNC(=O)CCl)[C@@H](O)[C@H]2O)c(=O)[nH]1. The lowest BCUT2D eigenvalue weighted by molar-refractivity contribution is -0.118. The number of aromatic nitrogens is 4. The molecule has 14 nitrogen and oxygen atoms in total. The molecule has 5 N–H and O–H groups in total. The van der Waals surface area contributed by atoms with Crippen LogP contribution in [0.15, 0.2) is 11.1 Å². The smallest absolute Gasteiger partial charge is 0.387 e. The van der Waals surface area contributed by atoms with Crippen molar-refractivity contribution in [2.24, 2.45) is 0 Å². The molecule has 3 heterocycles. The molecule has 16 heteroatoms. The summed E-state index contributed by atoms with van der Waals surface area (Å²) >= 11 is 5.33. The number of carbonyl (C=O) groups is 1. The van der Waals surface area contributed by atoms with E-state index in [2.05, 4.69) is 20.3 Å². The average molecular weight is 496 g/mol. The number of carbonyl (C=O) groups excluding carboxylic acids is 1. The molecular formula is C16H23ClN5O9P. The Bertz CT molecular complexity index is 1060. The lowest BCUT2D eigenvalue weighted by atomic mass is 10.1. The Labute approximate surface area is 186 Å². The van der Waals surface area contributed by atoms with Gasteiger partial charge in [-0.05, 0) is 13.3 Å². The molecule has 2 aromatic heterocycles. The minimum atomic E-state index is -4.48. The number of aliphatic hydroxyl groups is 2. The maximum absolute atomic E-state index is 12.0. The third-order valence-electron chi connectivity index (χ3n) is 4.58. The van der Waals surface area contributed by atoms with E-state index in [-0.39, 0.29) is 42.5 Å². The molecule has 0 spiro atoms. The van der Waals surface area contributed by atoms with Crippen LogP contribution >= 0.6 is 19.4 Å². The Morgan fingerprint density at radius 2 is 2.16 bits per heavy atom. The highest BCUT2D eigenvalue weighted by Crippen LogP contribution is 2.44. The number of halogens is 1. The van der Waals surface area contributed by atoms with Crippen molar-refractivity contribution < 1.29 is 38.3 Å². The van der Waals surface area contributed by atoms with E-state index in [1.807, 2.05) is 0 Å². The van der Waals surface area contributed by atoms with Gasteiger partial charge in [-0.15, -0.1) is 11.6 Å². The van der Waals surface area contributed by atoms with Crippen LogP contribution in [0.3, 0.4) is 0 Å². The number of hydrogen-bond donors (Lipinski definition) is 5. The van der Waals surface area contributed by atoms with Crippen molar-refractivity contribution in [3.63, 3.8) is 0 Å². The van der Waals surface area contributed by atoms with Gasteiger partial charge in [0, 0.05) is 6.54 Å². The second-order valence-corrected chi connectivity index (χ2v) is 8.68. The van der Waals surface area contributed by atoms with Gasteiger partial charge in [-0.1, -0.05) is 0 Å². The average Bonchev–Trinajstić information content (AvgIpc) is 3.27.